The Kier molecular flexibility index (Phi) is 16.3. The predicted molar refractivity (Wildman–Crippen MR) is 193 cm³/mol. The van der Waals surface area contributed by atoms with E-state index in [2.05, 4.69) is 36.9 Å². The van der Waals surface area contributed by atoms with Gasteiger partial charge in [0.2, 0.25) is 11.8 Å². The van der Waals surface area contributed by atoms with E-state index >= 15 is 0 Å². The Morgan fingerprint density at radius 2 is 1.59 bits per heavy atom. The quantitative estimate of drug-likeness (QED) is 0.0579. The highest BCUT2D eigenvalue weighted by Gasteiger charge is 2.50. The molecule has 24 heteroatoms. The zero-order valence-electron chi connectivity index (χ0n) is 31.1. The van der Waals surface area contributed by atoms with E-state index in [1.54, 1.807) is 27.7 Å². The number of aliphatic hydroxyl groups is 4. The predicted octanol–water partition coefficient (Wildman–Crippen LogP) is -5.98. The lowest BCUT2D eigenvalue weighted by Crippen LogP contribution is -2.66. The number of aliphatic carboxylic acids is 2. The average molecular weight is 801 g/mol. The maximum absolute atomic E-state index is 13.7. The van der Waals surface area contributed by atoms with E-state index in [1.165, 1.54) is 0 Å². The van der Waals surface area contributed by atoms with Crippen LogP contribution in [0.3, 0.4) is 0 Å². The van der Waals surface area contributed by atoms with Crippen LogP contribution in [0.4, 0.5) is 4.79 Å². The fourth-order valence-corrected chi connectivity index (χ4v) is 6.04. The number of aliphatic hydroxyl groups excluding tert-OH is 4. The lowest BCUT2D eigenvalue weighted by molar-refractivity contribution is -0.149. The van der Waals surface area contributed by atoms with E-state index in [9.17, 15) is 64.2 Å². The minimum absolute atomic E-state index is 0.0222. The van der Waals surface area contributed by atoms with Gasteiger partial charge >= 0.3 is 23.7 Å². The van der Waals surface area contributed by atoms with Crippen LogP contribution in [0.2, 0.25) is 0 Å². The van der Waals surface area contributed by atoms with Gasteiger partial charge in [0.15, 0.2) is 12.2 Å². The smallest absolute Gasteiger partial charge is 0.330 e. The summed E-state index contributed by atoms with van der Waals surface area (Å²) in [6, 6.07) is -6.95. The summed E-state index contributed by atoms with van der Waals surface area (Å²) < 4.78 is 6.23. The lowest BCUT2D eigenvalue weighted by atomic mass is 9.97. The standard InChI is InChI=1S/C32H52N10O14/c1-12(2)16(28(50)51)40-31(54)41-17(14-6-10-36-30(33)37-14)26(49)39-18(20(44)13(3)4)25(48)35-9-5-8-34-19(29(52)53)21(45)24-22(46)23(47)27(56-24)42-11-7-15(43)38-32(42)55/h7,11-14,16-24,27,34,44-47H,5-6,8-10H2,1-4H3,(H,35,48)(H,39,49)(H,50,51)(H,52,53)(H3,33,36,37)(H,38,43,55)(H2,40,41,54). The molecule has 1 saturated heterocycles. The van der Waals surface area contributed by atoms with Gasteiger partial charge in [-0.1, -0.05) is 27.7 Å². The number of carboxylic acid groups (broad SMARTS) is 2. The Morgan fingerprint density at radius 1 is 0.929 bits per heavy atom. The number of rotatable bonds is 19. The van der Waals surface area contributed by atoms with Crippen LogP contribution < -0.4 is 48.9 Å². The molecule has 15 N–H and O–H groups in total. The molecule has 0 aromatic carbocycles. The number of aliphatic imine (C=N–C) groups is 1. The van der Waals surface area contributed by atoms with Crippen LogP contribution in [-0.4, -0.2) is 156 Å². The van der Waals surface area contributed by atoms with Gasteiger partial charge in [-0.15, -0.1) is 0 Å². The second kappa shape index (κ2) is 20.1. The molecule has 0 spiro atoms. The minimum Gasteiger partial charge on any atom is -0.480 e. The van der Waals surface area contributed by atoms with Crippen molar-refractivity contribution in [1.29, 1.82) is 0 Å². The number of nitrogens with two attached hydrogens (primary N) is 1. The van der Waals surface area contributed by atoms with Crippen molar-refractivity contribution in [2.24, 2.45) is 22.6 Å². The molecule has 0 bridgehead atoms. The summed E-state index contributed by atoms with van der Waals surface area (Å²) in [5, 5.41) is 77.2. The fourth-order valence-electron chi connectivity index (χ4n) is 6.04. The third-order valence-corrected chi connectivity index (χ3v) is 9.21. The number of ether oxygens (including phenoxy) is 1. The van der Waals surface area contributed by atoms with Crippen molar-refractivity contribution in [3.05, 3.63) is 33.1 Å². The third-order valence-electron chi connectivity index (χ3n) is 9.21. The first kappa shape index (κ1) is 45.3. The van der Waals surface area contributed by atoms with E-state index in [4.69, 9.17) is 10.5 Å². The number of aromatic amines is 1. The molecule has 56 heavy (non-hydrogen) atoms. The van der Waals surface area contributed by atoms with Crippen molar-refractivity contribution >= 4 is 35.7 Å². The van der Waals surface area contributed by atoms with Crippen molar-refractivity contribution in [2.75, 3.05) is 19.6 Å². The Labute approximate surface area is 319 Å². The van der Waals surface area contributed by atoms with Crippen LogP contribution in [0.25, 0.3) is 0 Å². The normalized spacial score (nSPS) is 24.1. The topological polar surface area (TPSA) is 381 Å². The summed E-state index contributed by atoms with van der Waals surface area (Å²) in [5.41, 5.74) is 4.07. The first-order valence-electron chi connectivity index (χ1n) is 17.8. The van der Waals surface area contributed by atoms with Crippen molar-refractivity contribution < 1.29 is 59.3 Å². The highest BCUT2D eigenvalue weighted by molar-refractivity contribution is 5.94. The SMILES string of the molecule is CC(C)C(NC(=O)NC(C(=O)NC(C(=O)NCCCNC(C(=O)O)C(O)C1OC(n2ccc(=O)[nH]c2=O)C(O)C1O)C(O)C(C)C)C1CCN=C(N)N1)C(=O)O. The summed E-state index contributed by atoms with van der Waals surface area (Å²) in [6.07, 6.45) is -9.09. The van der Waals surface area contributed by atoms with Crippen LogP contribution in [0.15, 0.2) is 26.8 Å². The molecule has 2 aliphatic rings. The molecule has 1 aromatic rings. The molecule has 1 fully saturated rings. The van der Waals surface area contributed by atoms with Gasteiger partial charge in [0.1, 0.15) is 48.6 Å². The van der Waals surface area contributed by atoms with Crippen LogP contribution >= 0.6 is 0 Å². The minimum atomic E-state index is -1.97. The van der Waals surface area contributed by atoms with Crippen molar-refractivity contribution in [2.45, 2.75) is 107 Å². The number of carboxylic acids is 2. The van der Waals surface area contributed by atoms with Crippen LogP contribution in [-0.2, 0) is 23.9 Å². The largest absolute Gasteiger partial charge is 0.480 e. The van der Waals surface area contributed by atoms with E-state index < -0.39 is 120 Å². The Balaban J connectivity index is 1.65. The van der Waals surface area contributed by atoms with E-state index in [1.807, 2.05) is 4.98 Å². The molecule has 3 heterocycles. The Morgan fingerprint density at radius 3 is 2.16 bits per heavy atom. The second-order valence-corrected chi connectivity index (χ2v) is 14.1. The molecular weight excluding hydrogens is 748 g/mol. The van der Waals surface area contributed by atoms with Gasteiger partial charge in [-0.25, -0.2) is 14.4 Å². The second-order valence-electron chi connectivity index (χ2n) is 14.1. The molecule has 3 rings (SSSR count). The third kappa shape index (κ3) is 11.7. The molecule has 314 valence electrons. The first-order valence-corrected chi connectivity index (χ1v) is 17.8. The highest BCUT2D eigenvalue weighted by atomic mass is 16.6. The number of carbonyl (C=O) groups excluding carboxylic acids is 3. The van der Waals surface area contributed by atoms with E-state index in [-0.39, 0.29) is 38.4 Å². The zero-order valence-corrected chi connectivity index (χ0v) is 31.1. The van der Waals surface area contributed by atoms with Crippen LogP contribution in [0, 0.1) is 11.8 Å². The number of nitrogens with zero attached hydrogens (tertiary/aromatic N) is 2. The van der Waals surface area contributed by atoms with Crippen LogP contribution in [0.1, 0.15) is 46.8 Å². The summed E-state index contributed by atoms with van der Waals surface area (Å²) in [7, 11) is 0. The van der Waals surface area contributed by atoms with Crippen LogP contribution in [0.5, 0.6) is 0 Å². The molecule has 4 amide bonds. The molecule has 24 nitrogen and oxygen atoms in total. The number of guanidine groups is 1. The number of amides is 4. The molecule has 1 aromatic heterocycles. The van der Waals surface area contributed by atoms with Gasteiger partial charge in [-0.3, -0.25) is 33.7 Å². The molecule has 2 aliphatic heterocycles. The number of H-pyrrole nitrogens is 1. The summed E-state index contributed by atoms with van der Waals surface area (Å²) in [6.45, 7) is 6.21. The van der Waals surface area contributed by atoms with Gasteiger partial charge in [0, 0.05) is 25.4 Å². The average Bonchev–Trinajstić information content (AvgIpc) is 3.41. The fraction of sp³-hybridized carbons (Fsp3) is 0.688. The van der Waals surface area contributed by atoms with Crippen molar-refractivity contribution in [3.8, 4) is 0 Å². The summed E-state index contributed by atoms with van der Waals surface area (Å²) in [5.74, 6) is -5.73. The molecule has 11 unspecified atom stereocenters. The van der Waals surface area contributed by atoms with Gasteiger partial charge in [0.25, 0.3) is 5.56 Å². The molecule has 0 saturated carbocycles. The number of nitrogens with one attached hydrogen (secondary N) is 7. The van der Waals surface area contributed by atoms with E-state index in [0.29, 0.717) is 0 Å². The number of hydrogen-bond donors (Lipinski definition) is 14. The molecule has 0 aliphatic carbocycles. The zero-order chi connectivity index (χ0) is 42.0. The molecular formula is C32H52N10O14. The number of urea groups is 1. The Bertz CT molecular complexity index is 1700. The van der Waals surface area contributed by atoms with Gasteiger partial charge in [-0.05, 0) is 31.2 Å². The summed E-state index contributed by atoms with van der Waals surface area (Å²) in [4.78, 5) is 93.2. The number of carbonyl (C=O) groups is 5. The van der Waals surface area contributed by atoms with Gasteiger partial charge in [-0.2, -0.15) is 0 Å². The number of aromatic nitrogens is 2. The monoisotopic (exact) mass is 800 g/mol. The lowest BCUT2D eigenvalue weighted by Gasteiger charge is -2.33. The van der Waals surface area contributed by atoms with Crippen molar-refractivity contribution in [1.82, 2.24) is 41.5 Å². The molecule has 0 radical (unpaired) electrons. The van der Waals surface area contributed by atoms with E-state index in [0.717, 1.165) is 16.8 Å². The highest BCUT2D eigenvalue weighted by Crippen LogP contribution is 2.31. The molecule has 11 atom stereocenters. The maximum atomic E-state index is 13.7. The van der Waals surface area contributed by atoms with Gasteiger partial charge < -0.3 is 73.0 Å². The number of hydrogen-bond acceptors (Lipinski definition) is 16. The van der Waals surface area contributed by atoms with Crippen molar-refractivity contribution in [3.63, 3.8) is 0 Å². The summed E-state index contributed by atoms with van der Waals surface area (Å²) >= 11 is 0. The maximum Gasteiger partial charge on any atom is 0.330 e. The first-order chi connectivity index (χ1) is 26.2. The Hall–Kier alpha value is -5.14. The van der Waals surface area contributed by atoms with Gasteiger partial charge in [0.05, 0.1) is 12.1 Å².